The highest BCUT2D eigenvalue weighted by atomic mass is 16.5. The second kappa shape index (κ2) is 7.82. The number of carbonyl (C=O) groups excluding carboxylic acids is 1. The summed E-state index contributed by atoms with van der Waals surface area (Å²) < 4.78 is 5.25. The molecule has 4 nitrogen and oxygen atoms in total. The number of nitrogens with one attached hydrogen (secondary N) is 1. The molecule has 1 aromatic rings. The number of carbonyl (C=O) groups is 1. The summed E-state index contributed by atoms with van der Waals surface area (Å²) >= 11 is 0. The number of ether oxygens (including phenoxy) is 1. The van der Waals surface area contributed by atoms with Crippen LogP contribution in [0.5, 0.6) is 0 Å². The van der Waals surface area contributed by atoms with Crippen LogP contribution < -0.4 is 5.32 Å². The number of hydrogen-bond donors (Lipinski definition) is 1. The molecule has 18 heavy (non-hydrogen) atoms. The van der Waals surface area contributed by atoms with Gasteiger partial charge in [-0.15, -0.1) is 0 Å². The average Bonchev–Trinajstić information content (AvgIpc) is 2.42. The Balaban J connectivity index is 0.000000771. The van der Waals surface area contributed by atoms with Gasteiger partial charge in [0.1, 0.15) is 0 Å². The third-order valence-corrected chi connectivity index (χ3v) is 2.82. The van der Waals surface area contributed by atoms with E-state index in [0.29, 0.717) is 5.56 Å². The minimum atomic E-state index is -0.00759. The molecule has 1 aliphatic rings. The highest BCUT2D eigenvalue weighted by Gasteiger charge is 2.17. The van der Waals surface area contributed by atoms with E-state index in [0.717, 1.165) is 31.6 Å². The van der Waals surface area contributed by atoms with Gasteiger partial charge < -0.3 is 10.1 Å². The van der Waals surface area contributed by atoms with E-state index in [1.54, 1.807) is 18.5 Å². The van der Waals surface area contributed by atoms with Gasteiger partial charge in [0.25, 0.3) is 5.91 Å². The Morgan fingerprint density at radius 1 is 1.39 bits per heavy atom. The van der Waals surface area contributed by atoms with E-state index in [1.807, 2.05) is 20.8 Å². The first-order chi connectivity index (χ1) is 8.77. The van der Waals surface area contributed by atoms with Crippen molar-refractivity contribution in [3.8, 4) is 0 Å². The van der Waals surface area contributed by atoms with Crippen LogP contribution in [0.15, 0.2) is 18.5 Å². The molecule has 2 heterocycles. The molecule has 0 spiro atoms. The molecule has 1 N–H and O–H groups in total. The quantitative estimate of drug-likeness (QED) is 0.876. The summed E-state index contributed by atoms with van der Waals surface area (Å²) in [6, 6.07) is 2.00. The normalized spacial score (nSPS) is 15.5. The van der Waals surface area contributed by atoms with E-state index in [1.165, 1.54) is 0 Å². The van der Waals surface area contributed by atoms with Crippen LogP contribution in [-0.2, 0) is 4.74 Å². The lowest BCUT2D eigenvalue weighted by molar-refractivity contribution is 0.0696. The van der Waals surface area contributed by atoms with Crippen molar-refractivity contribution in [1.29, 1.82) is 0 Å². The fraction of sp³-hybridized carbons (Fsp3) is 0.571. The van der Waals surface area contributed by atoms with Crippen molar-refractivity contribution in [2.75, 3.05) is 13.2 Å². The summed E-state index contributed by atoms with van der Waals surface area (Å²) in [7, 11) is 0. The van der Waals surface area contributed by atoms with Crippen molar-refractivity contribution < 1.29 is 9.53 Å². The summed E-state index contributed by atoms with van der Waals surface area (Å²) in [4.78, 5) is 15.9. The Morgan fingerprint density at radius 3 is 2.67 bits per heavy atom. The minimum Gasteiger partial charge on any atom is -0.381 e. The Morgan fingerprint density at radius 2 is 2.06 bits per heavy atom. The lowest BCUT2D eigenvalue weighted by Crippen LogP contribution is -2.39. The predicted octanol–water partition coefficient (Wildman–Crippen LogP) is 2.33. The van der Waals surface area contributed by atoms with Crippen molar-refractivity contribution in [2.45, 2.75) is 39.7 Å². The molecule has 100 valence electrons. The zero-order valence-electron chi connectivity index (χ0n) is 11.4. The van der Waals surface area contributed by atoms with E-state index in [2.05, 4.69) is 10.3 Å². The molecule has 1 aromatic heterocycles. The van der Waals surface area contributed by atoms with Crippen molar-refractivity contribution in [2.24, 2.45) is 0 Å². The summed E-state index contributed by atoms with van der Waals surface area (Å²) in [5.41, 5.74) is 1.62. The lowest BCUT2D eigenvalue weighted by Gasteiger charge is -2.23. The van der Waals surface area contributed by atoms with E-state index in [-0.39, 0.29) is 11.9 Å². The summed E-state index contributed by atoms with van der Waals surface area (Å²) in [5, 5.41) is 3.03. The molecule has 0 bridgehead atoms. The van der Waals surface area contributed by atoms with E-state index >= 15 is 0 Å². The molecule has 0 aliphatic carbocycles. The molecule has 0 saturated carbocycles. The van der Waals surface area contributed by atoms with Gasteiger partial charge in [-0.25, -0.2) is 0 Å². The van der Waals surface area contributed by atoms with Crippen molar-refractivity contribution in [3.05, 3.63) is 29.6 Å². The van der Waals surface area contributed by atoms with Crippen LogP contribution in [0, 0.1) is 6.92 Å². The number of nitrogens with zero attached hydrogens (tertiary/aromatic N) is 1. The van der Waals surface area contributed by atoms with Crippen LogP contribution in [0.4, 0.5) is 0 Å². The van der Waals surface area contributed by atoms with Crippen LogP contribution >= 0.6 is 0 Å². The molecule has 0 unspecified atom stereocenters. The fourth-order valence-corrected chi connectivity index (χ4v) is 1.83. The number of hydrogen-bond acceptors (Lipinski definition) is 3. The summed E-state index contributed by atoms with van der Waals surface area (Å²) in [5.74, 6) is -0.00759. The SMILES string of the molecule is CC.Cc1cnccc1C(=O)NC1CCOCC1. The zero-order valence-corrected chi connectivity index (χ0v) is 11.4. The first-order valence-corrected chi connectivity index (χ1v) is 6.56. The van der Waals surface area contributed by atoms with Gasteiger partial charge in [-0.05, 0) is 31.4 Å². The van der Waals surface area contributed by atoms with Crippen LogP contribution in [-0.4, -0.2) is 30.1 Å². The molecular weight excluding hydrogens is 228 g/mol. The van der Waals surface area contributed by atoms with Gasteiger partial charge in [-0.1, -0.05) is 13.8 Å². The summed E-state index contributed by atoms with van der Waals surface area (Å²) in [6.45, 7) is 7.37. The Bertz CT molecular complexity index is 374. The number of aromatic nitrogens is 1. The molecule has 1 saturated heterocycles. The molecule has 4 heteroatoms. The van der Waals surface area contributed by atoms with Crippen molar-refractivity contribution >= 4 is 5.91 Å². The van der Waals surface area contributed by atoms with E-state index in [4.69, 9.17) is 4.74 Å². The largest absolute Gasteiger partial charge is 0.381 e. The van der Waals surface area contributed by atoms with Gasteiger partial charge >= 0.3 is 0 Å². The second-order valence-corrected chi connectivity index (χ2v) is 4.05. The molecule has 0 radical (unpaired) electrons. The molecular formula is C14H22N2O2. The van der Waals surface area contributed by atoms with Gasteiger partial charge in [0.05, 0.1) is 0 Å². The number of pyridine rings is 1. The Hall–Kier alpha value is -1.42. The predicted molar refractivity (Wildman–Crippen MR) is 71.6 cm³/mol. The highest BCUT2D eigenvalue weighted by Crippen LogP contribution is 2.09. The summed E-state index contributed by atoms with van der Waals surface area (Å²) in [6.07, 6.45) is 5.15. The molecule has 2 rings (SSSR count). The van der Waals surface area contributed by atoms with Crippen LogP contribution in [0.3, 0.4) is 0 Å². The molecule has 0 atom stereocenters. The van der Waals surface area contributed by atoms with Gasteiger partial charge in [-0.3, -0.25) is 9.78 Å². The van der Waals surface area contributed by atoms with Crippen LogP contribution in [0.2, 0.25) is 0 Å². The van der Waals surface area contributed by atoms with Crippen LogP contribution in [0.25, 0.3) is 0 Å². The molecule has 1 aliphatic heterocycles. The van der Waals surface area contributed by atoms with E-state index in [9.17, 15) is 4.79 Å². The van der Waals surface area contributed by atoms with Gasteiger partial charge in [0.2, 0.25) is 0 Å². The van der Waals surface area contributed by atoms with E-state index < -0.39 is 0 Å². The first kappa shape index (κ1) is 14.6. The third-order valence-electron chi connectivity index (χ3n) is 2.82. The topological polar surface area (TPSA) is 51.2 Å². The van der Waals surface area contributed by atoms with Crippen molar-refractivity contribution in [3.63, 3.8) is 0 Å². The molecule has 1 fully saturated rings. The maximum absolute atomic E-state index is 12.0. The smallest absolute Gasteiger partial charge is 0.251 e. The molecule has 0 aromatic carbocycles. The van der Waals surface area contributed by atoms with Gasteiger partial charge in [0.15, 0.2) is 0 Å². The maximum atomic E-state index is 12.0. The monoisotopic (exact) mass is 250 g/mol. The van der Waals surface area contributed by atoms with Gasteiger partial charge in [0, 0.05) is 37.2 Å². The second-order valence-electron chi connectivity index (χ2n) is 4.05. The maximum Gasteiger partial charge on any atom is 0.251 e. The third kappa shape index (κ3) is 4.11. The number of aryl methyl sites for hydroxylation is 1. The van der Waals surface area contributed by atoms with Gasteiger partial charge in [-0.2, -0.15) is 0 Å². The first-order valence-electron chi connectivity index (χ1n) is 6.56. The lowest BCUT2D eigenvalue weighted by atomic mass is 10.1. The Labute approximate surface area is 109 Å². The number of rotatable bonds is 2. The van der Waals surface area contributed by atoms with Crippen LogP contribution in [0.1, 0.15) is 42.6 Å². The molecule has 1 amide bonds. The van der Waals surface area contributed by atoms with Crippen molar-refractivity contribution in [1.82, 2.24) is 10.3 Å². The zero-order chi connectivity index (χ0) is 13.4. The average molecular weight is 250 g/mol. The standard InChI is InChI=1S/C12H16N2O2.C2H6/c1-9-8-13-5-2-11(9)12(15)14-10-3-6-16-7-4-10;1-2/h2,5,8,10H,3-4,6-7H2,1H3,(H,14,15);1-2H3. The highest BCUT2D eigenvalue weighted by molar-refractivity contribution is 5.95. The Kier molecular flexibility index (Phi) is 6.36. The number of amides is 1. The minimum absolute atomic E-state index is 0.00759. The fourth-order valence-electron chi connectivity index (χ4n) is 1.83.